The van der Waals surface area contributed by atoms with Gasteiger partial charge in [-0.25, -0.2) is 8.42 Å². The van der Waals surface area contributed by atoms with Crippen LogP contribution in [0.2, 0.25) is 0 Å². The molecule has 3 N–H and O–H groups in total. The van der Waals surface area contributed by atoms with Crippen molar-refractivity contribution in [3.8, 4) is 0 Å². The van der Waals surface area contributed by atoms with E-state index < -0.39 is 27.9 Å². The lowest BCUT2D eigenvalue weighted by atomic mass is 10.1. The van der Waals surface area contributed by atoms with E-state index in [1.165, 1.54) is 19.1 Å². The van der Waals surface area contributed by atoms with Crippen LogP contribution in [0.25, 0.3) is 0 Å². The highest BCUT2D eigenvalue weighted by Gasteiger charge is 2.18. The van der Waals surface area contributed by atoms with Crippen LogP contribution in [-0.2, 0) is 14.8 Å². The highest BCUT2D eigenvalue weighted by atomic mass is 32.2. The first-order valence-corrected chi connectivity index (χ1v) is 7.20. The van der Waals surface area contributed by atoms with Gasteiger partial charge < -0.3 is 10.4 Å². The van der Waals surface area contributed by atoms with E-state index >= 15 is 0 Å². The lowest BCUT2D eigenvalue weighted by Gasteiger charge is -2.13. The molecule has 0 saturated heterocycles. The van der Waals surface area contributed by atoms with E-state index in [-0.39, 0.29) is 11.3 Å². The number of nitrogens with one attached hydrogen (secondary N) is 2. The Morgan fingerprint density at radius 2 is 1.84 bits per heavy atom. The first kappa shape index (κ1) is 15.0. The fraction of sp³-hybridized carbons (Fsp3) is 0.273. The summed E-state index contributed by atoms with van der Waals surface area (Å²) >= 11 is 0. The van der Waals surface area contributed by atoms with Gasteiger partial charge in [0.15, 0.2) is 0 Å². The molecule has 1 aromatic rings. The Labute approximate surface area is 110 Å². The van der Waals surface area contributed by atoms with Crippen LogP contribution >= 0.6 is 0 Å². The van der Waals surface area contributed by atoms with Gasteiger partial charge in [0.2, 0.25) is 10.0 Å². The van der Waals surface area contributed by atoms with Crippen molar-refractivity contribution in [1.29, 1.82) is 0 Å². The zero-order valence-corrected chi connectivity index (χ0v) is 11.2. The summed E-state index contributed by atoms with van der Waals surface area (Å²) in [7, 11) is -3.52. The summed E-state index contributed by atoms with van der Waals surface area (Å²) in [6, 6.07) is 4.86. The Morgan fingerprint density at radius 1 is 1.26 bits per heavy atom. The minimum atomic E-state index is -3.52. The normalized spacial score (nSPS) is 12.5. The molecule has 0 bridgehead atoms. The molecule has 1 atom stereocenters. The zero-order valence-electron chi connectivity index (χ0n) is 10.4. The van der Waals surface area contributed by atoms with Gasteiger partial charge in [-0.3, -0.25) is 14.3 Å². The van der Waals surface area contributed by atoms with Crippen LogP contribution in [0.1, 0.15) is 17.3 Å². The highest BCUT2D eigenvalue weighted by Crippen LogP contribution is 2.16. The van der Waals surface area contributed by atoms with Crippen molar-refractivity contribution < 1.29 is 23.1 Å². The Hall–Kier alpha value is -2.09. The molecular weight excluding hydrogens is 272 g/mol. The summed E-state index contributed by atoms with van der Waals surface area (Å²) in [6.07, 6.45) is 0.960. The maximum absolute atomic E-state index is 11.9. The number of rotatable bonds is 5. The van der Waals surface area contributed by atoms with Gasteiger partial charge in [0.25, 0.3) is 5.91 Å². The monoisotopic (exact) mass is 286 g/mol. The number of para-hydroxylation sites is 1. The number of hydrogen-bond donors (Lipinski definition) is 3. The van der Waals surface area contributed by atoms with Crippen molar-refractivity contribution in [2.75, 3.05) is 11.0 Å². The van der Waals surface area contributed by atoms with Crippen molar-refractivity contribution in [3.63, 3.8) is 0 Å². The smallest absolute Gasteiger partial charge is 0.325 e. The predicted octanol–water partition coefficient (Wildman–Crippen LogP) is 0.261. The first-order chi connectivity index (χ1) is 8.70. The van der Waals surface area contributed by atoms with Gasteiger partial charge >= 0.3 is 5.97 Å². The van der Waals surface area contributed by atoms with Crippen LogP contribution in [0.3, 0.4) is 0 Å². The Kier molecular flexibility index (Phi) is 4.49. The molecule has 1 rings (SSSR count). The second-order valence-corrected chi connectivity index (χ2v) is 5.70. The molecule has 0 aliphatic heterocycles. The number of benzene rings is 1. The summed E-state index contributed by atoms with van der Waals surface area (Å²) < 4.78 is 24.5. The number of carboxylic acids is 1. The van der Waals surface area contributed by atoms with Gasteiger partial charge in [0.05, 0.1) is 17.5 Å². The molecule has 0 aliphatic carbocycles. The zero-order chi connectivity index (χ0) is 14.6. The van der Waals surface area contributed by atoms with Crippen LogP contribution in [0.15, 0.2) is 24.3 Å². The number of sulfonamides is 1. The number of carboxylic acid groups (broad SMARTS) is 1. The number of anilines is 1. The minimum Gasteiger partial charge on any atom is -0.480 e. The standard InChI is InChI=1S/C11H14N2O5S/c1-7(11(15)16)12-10(14)8-5-3-4-6-9(8)13-19(2,17)18/h3-7,13H,1-2H3,(H,12,14)(H,15,16)/t7-/m0/s1. The SMILES string of the molecule is C[C@H](NC(=O)c1ccccc1NS(C)(=O)=O)C(=O)O. The minimum absolute atomic E-state index is 0.0565. The molecule has 7 nitrogen and oxygen atoms in total. The quantitative estimate of drug-likeness (QED) is 0.718. The van der Waals surface area contributed by atoms with E-state index in [2.05, 4.69) is 10.0 Å². The summed E-state index contributed by atoms with van der Waals surface area (Å²) in [4.78, 5) is 22.5. The second-order valence-electron chi connectivity index (χ2n) is 3.95. The van der Waals surface area contributed by atoms with Crippen LogP contribution < -0.4 is 10.0 Å². The van der Waals surface area contributed by atoms with Gasteiger partial charge in [0.1, 0.15) is 6.04 Å². The average molecular weight is 286 g/mol. The van der Waals surface area contributed by atoms with Crippen molar-refractivity contribution in [3.05, 3.63) is 29.8 Å². The third-order valence-corrected chi connectivity index (χ3v) is 2.78. The first-order valence-electron chi connectivity index (χ1n) is 5.31. The van der Waals surface area contributed by atoms with Crippen LogP contribution in [0.4, 0.5) is 5.69 Å². The molecule has 0 aromatic heterocycles. The largest absolute Gasteiger partial charge is 0.480 e. The van der Waals surface area contributed by atoms with E-state index in [4.69, 9.17) is 5.11 Å². The molecule has 104 valence electrons. The second kappa shape index (κ2) is 5.70. The third-order valence-electron chi connectivity index (χ3n) is 2.19. The predicted molar refractivity (Wildman–Crippen MR) is 69.5 cm³/mol. The van der Waals surface area contributed by atoms with Crippen molar-refractivity contribution in [1.82, 2.24) is 5.32 Å². The lowest BCUT2D eigenvalue weighted by molar-refractivity contribution is -0.138. The Balaban J connectivity index is 3.00. The lowest BCUT2D eigenvalue weighted by Crippen LogP contribution is -2.38. The number of carbonyl (C=O) groups excluding carboxylic acids is 1. The molecule has 0 fully saturated rings. The summed E-state index contributed by atoms with van der Waals surface area (Å²) in [5.74, 6) is -1.84. The van der Waals surface area contributed by atoms with E-state index in [1.54, 1.807) is 12.1 Å². The molecule has 0 saturated carbocycles. The van der Waals surface area contributed by atoms with E-state index in [9.17, 15) is 18.0 Å². The van der Waals surface area contributed by atoms with Gasteiger partial charge in [-0.05, 0) is 19.1 Å². The number of hydrogen-bond acceptors (Lipinski definition) is 4. The fourth-order valence-electron chi connectivity index (χ4n) is 1.31. The average Bonchev–Trinajstić information content (AvgIpc) is 2.27. The molecule has 0 unspecified atom stereocenters. The van der Waals surface area contributed by atoms with Gasteiger partial charge in [-0.2, -0.15) is 0 Å². The molecule has 0 aliphatic rings. The van der Waals surface area contributed by atoms with E-state index in [1.807, 2.05) is 0 Å². The van der Waals surface area contributed by atoms with E-state index in [0.29, 0.717) is 0 Å². The van der Waals surface area contributed by atoms with E-state index in [0.717, 1.165) is 6.26 Å². The molecule has 0 heterocycles. The molecule has 0 spiro atoms. The molecular formula is C11H14N2O5S. The molecule has 0 radical (unpaired) electrons. The summed E-state index contributed by atoms with van der Waals surface area (Å²) in [5.41, 5.74) is 0.154. The third kappa shape index (κ3) is 4.59. The van der Waals surface area contributed by atoms with Gasteiger partial charge in [-0.15, -0.1) is 0 Å². The summed E-state index contributed by atoms with van der Waals surface area (Å²) in [6.45, 7) is 1.31. The summed E-state index contributed by atoms with van der Waals surface area (Å²) in [5, 5.41) is 11.0. The molecule has 1 amide bonds. The Morgan fingerprint density at radius 3 is 2.37 bits per heavy atom. The number of aliphatic carboxylic acids is 1. The van der Waals surface area contributed by atoms with Crippen molar-refractivity contribution >= 4 is 27.6 Å². The van der Waals surface area contributed by atoms with Crippen LogP contribution in [-0.4, -0.2) is 37.7 Å². The maximum Gasteiger partial charge on any atom is 0.325 e. The Bertz CT molecular complexity index is 597. The van der Waals surface area contributed by atoms with Crippen LogP contribution in [0.5, 0.6) is 0 Å². The number of carbonyl (C=O) groups is 2. The topological polar surface area (TPSA) is 113 Å². The molecule has 8 heteroatoms. The molecule has 1 aromatic carbocycles. The fourth-order valence-corrected chi connectivity index (χ4v) is 1.88. The highest BCUT2D eigenvalue weighted by molar-refractivity contribution is 7.92. The molecule has 19 heavy (non-hydrogen) atoms. The van der Waals surface area contributed by atoms with Crippen molar-refractivity contribution in [2.24, 2.45) is 0 Å². The van der Waals surface area contributed by atoms with Crippen molar-refractivity contribution in [2.45, 2.75) is 13.0 Å². The maximum atomic E-state index is 11.9. The number of amides is 1. The van der Waals surface area contributed by atoms with Gasteiger partial charge in [0, 0.05) is 0 Å². The van der Waals surface area contributed by atoms with Crippen LogP contribution in [0, 0.1) is 0 Å². The van der Waals surface area contributed by atoms with Gasteiger partial charge in [-0.1, -0.05) is 12.1 Å².